The van der Waals surface area contributed by atoms with Crippen LogP contribution in [0.25, 0.3) is 0 Å². The van der Waals surface area contributed by atoms with Crippen molar-refractivity contribution in [2.24, 2.45) is 5.10 Å². The topological polar surface area (TPSA) is 72.0 Å². The molecule has 0 spiro atoms. The molecule has 6 nitrogen and oxygen atoms in total. The molecule has 142 valence electrons. The first-order valence-corrected chi connectivity index (χ1v) is 9.03. The Morgan fingerprint density at radius 1 is 1.22 bits per heavy atom. The summed E-state index contributed by atoms with van der Waals surface area (Å²) in [6, 6.07) is 9.53. The zero-order valence-electron chi connectivity index (χ0n) is 14.6. The minimum Gasteiger partial charge on any atom is -0.493 e. The Hall–Kier alpha value is -2.35. The van der Waals surface area contributed by atoms with Gasteiger partial charge in [-0.25, -0.2) is 4.79 Å². The Balaban J connectivity index is 2.12. The minimum absolute atomic E-state index is 0.204. The van der Waals surface area contributed by atoms with E-state index in [0.29, 0.717) is 22.4 Å². The number of thiocarbonyl (C=S) groups is 1. The highest BCUT2D eigenvalue weighted by Crippen LogP contribution is 2.29. The number of carbonyl (C=O) groups excluding carboxylic acids is 1. The second kappa shape index (κ2) is 10.1. The van der Waals surface area contributed by atoms with Crippen molar-refractivity contribution in [1.29, 1.82) is 0 Å². The van der Waals surface area contributed by atoms with Crippen LogP contribution in [0.2, 0.25) is 10.0 Å². The van der Waals surface area contributed by atoms with Gasteiger partial charge in [-0.1, -0.05) is 23.2 Å². The fourth-order valence-electron chi connectivity index (χ4n) is 2.02. The number of rotatable bonds is 6. The minimum atomic E-state index is -0.617. The molecule has 0 amide bonds. The number of carbonyl (C=O) groups is 1. The molecule has 0 radical (unpaired) electrons. The average Bonchev–Trinajstić information content (AvgIpc) is 2.62. The van der Waals surface area contributed by atoms with Crippen molar-refractivity contribution in [2.45, 2.75) is 6.92 Å². The summed E-state index contributed by atoms with van der Waals surface area (Å²) in [6.45, 7) is 2.63. The standard InChI is InChI=1S/C18H17Cl2N3O3S/c1-3-21-18(27)23-22-10-11-4-7-15(16(8-11)25-2)26-17(24)13-6-5-12(19)9-14(13)20/h4-10H,3H2,1-2H3,(H2,21,23,27)/b22-10-. The van der Waals surface area contributed by atoms with E-state index >= 15 is 0 Å². The molecular weight excluding hydrogens is 409 g/mol. The average molecular weight is 426 g/mol. The van der Waals surface area contributed by atoms with Crippen molar-refractivity contribution in [1.82, 2.24) is 10.7 Å². The van der Waals surface area contributed by atoms with Gasteiger partial charge in [0.15, 0.2) is 16.6 Å². The molecule has 0 aromatic heterocycles. The molecule has 0 aliphatic rings. The Kier molecular flexibility index (Phi) is 7.84. The fourth-order valence-corrected chi connectivity index (χ4v) is 2.71. The highest BCUT2D eigenvalue weighted by molar-refractivity contribution is 7.80. The molecule has 27 heavy (non-hydrogen) atoms. The third-order valence-electron chi connectivity index (χ3n) is 3.26. The smallest absolute Gasteiger partial charge is 0.345 e. The predicted molar refractivity (Wildman–Crippen MR) is 111 cm³/mol. The number of hydrazone groups is 1. The molecule has 2 rings (SSSR count). The van der Waals surface area contributed by atoms with Crippen LogP contribution in [0, 0.1) is 0 Å². The number of hydrogen-bond acceptors (Lipinski definition) is 5. The van der Waals surface area contributed by atoms with Crippen LogP contribution < -0.4 is 20.2 Å². The van der Waals surface area contributed by atoms with Crippen LogP contribution in [0.15, 0.2) is 41.5 Å². The lowest BCUT2D eigenvalue weighted by molar-refractivity contribution is 0.0730. The van der Waals surface area contributed by atoms with Gasteiger partial charge in [0, 0.05) is 11.6 Å². The first-order chi connectivity index (χ1) is 12.9. The van der Waals surface area contributed by atoms with Gasteiger partial charge in [0.2, 0.25) is 0 Å². The monoisotopic (exact) mass is 425 g/mol. The molecule has 0 atom stereocenters. The molecule has 2 aromatic rings. The zero-order chi connectivity index (χ0) is 19.8. The Labute approximate surface area is 172 Å². The van der Waals surface area contributed by atoms with Crippen LogP contribution in [-0.2, 0) is 0 Å². The van der Waals surface area contributed by atoms with Gasteiger partial charge in [-0.15, -0.1) is 0 Å². The summed E-state index contributed by atoms with van der Waals surface area (Å²) in [4.78, 5) is 12.3. The zero-order valence-corrected chi connectivity index (χ0v) is 16.9. The van der Waals surface area contributed by atoms with E-state index in [-0.39, 0.29) is 16.3 Å². The maximum atomic E-state index is 12.3. The van der Waals surface area contributed by atoms with Crippen LogP contribution in [0.4, 0.5) is 0 Å². The van der Waals surface area contributed by atoms with E-state index in [9.17, 15) is 4.79 Å². The number of methoxy groups -OCH3 is 1. The quantitative estimate of drug-likeness (QED) is 0.239. The van der Waals surface area contributed by atoms with Crippen molar-refractivity contribution in [3.05, 3.63) is 57.6 Å². The Bertz CT molecular complexity index is 875. The second-order valence-corrected chi connectivity index (χ2v) is 6.41. The van der Waals surface area contributed by atoms with Crippen molar-refractivity contribution in [3.8, 4) is 11.5 Å². The van der Waals surface area contributed by atoms with Crippen LogP contribution in [-0.4, -0.2) is 31.0 Å². The maximum absolute atomic E-state index is 12.3. The van der Waals surface area contributed by atoms with Crippen molar-refractivity contribution in [3.63, 3.8) is 0 Å². The summed E-state index contributed by atoms with van der Waals surface area (Å²) in [5, 5.41) is 7.99. The summed E-state index contributed by atoms with van der Waals surface area (Å²) < 4.78 is 10.7. The van der Waals surface area contributed by atoms with E-state index in [1.54, 1.807) is 30.5 Å². The Morgan fingerprint density at radius 3 is 2.67 bits per heavy atom. The summed E-state index contributed by atoms with van der Waals surface area (Å²) in [5.74, 6) is 0.00230. The van der Waals surface area contributed by atoms with E-state index in [0.717, 1.165) is 5.56 Å². The Morgan fingerprint density at radius 2 is 2.00 bits per heavy atom. The first kappa shape index (κ1) is 21.0. The molecule has 0 fully saturated rings. The van der Waals surface area contributed by atoms with Crippen LogP contribution in [0.3, 0.4) is 0 Å². The van der Waals surface area contributed by atoms with Gasteiger partial charge in [0.25, 0.3) is 0 Å². The summed E-state index contributed by atoms with van der Waals surface area (Å²) in [7, 11) is 1.47. The lowest BCUT2D eigenvalue weighted by Gasteiger charge is -2.11. The molecule has 0 unspecified atom stereocenters. The third-order valence-corrected chi connectivity index (χ3v) is 4.04. The molecule has 0 aliphatic heterocycles. The number of hydrogen-bond donors (Lipinski definition) is 2. The highest BCUT2D eigenvalue weighted by Gasteiger charge is 2.16. The SMILES string of the molecule is CCNC(=S)N/N=C\c1ccc(OC(=O)c2ccc(Cl)cc2Cl)c(OC)c1. The van der Waals surface area contributed by atoms with Gasteiger partial charge >= 0.3 is 5.97 Å². The summed E-state index contributed by atoms with van der Waals surface area (Å²) >= 11 is 16.9. The highest BCUT2D eigenvalue weighted by atomic mass is 35.5. The second-order valence-electron chi connectivity index (χ2n) is 5.15. The number of nitrogens with one attached hydrogen (secondary N) is 2. The molecule has 0 saturated carbocycles. The van der Waals surface area contributed by atoms with Crippen molar-refractivity contribution >= 4 is 52.7 Å². The van der Waals surface area contributed by atoms with Crippen LogP contribution in [0.5, 0.6) is 11.5 Å². The summed E-state index contributed by atoms with van der Waals surface area (Å²) in [6.07, 6.45) is 1.56. The largest absolute Gasteiger partial charge is 0.493 e. The fraction of sp³-hybridized carbons (Fsp3) is 0.167. The molecule has 0 aliphatic carbocycles. The lowest BCUT2D eigenvalue weighted by atomic mass is 10.2. The number of esters is 1. The first-order valence-electron chi connectivity index (χ1n) is 7.86. The van der Waals surface area contributed by atoms with E-state index in [1.165, 1.54) is 19.2 Å². The van der Waals surface area contributed by atoms with Gasteiger partial charge in [0.05, 0.1) is 23.9 Å². The van der Waals surface area contributed by atoms with Gasteiger partial charge in [-0.2, -0.15) is 5.10 Å². The van der Waals surface area contributed by atoms with Gasteiger partial charge in [-0.05, 0) is 61.1 Å². The van der Waals surface area contributed by atoms with Crippen LogP contribution >= 0.6 is 35.4 Å². The third kappa shape index (κ3) is 6.09. The molecule has 0 heterocycles. The predicted octanol–water partition coefficient (Wildman–Crippen LogP) is 4.04. The van der Waals surface area contributed by atoms with E-state index in [4.69, 9.17) is 44.9 Å². The van der Waals surface area contributed by atoms with Crippen molar-refractivity contribution < 1.29 is 14.3 Å². The van der Waals surface area contributed by atoms with E-state index in [2.05, 4.69) is 15.8 Å². The summed E-state index contributed by atoms with van der Waals surface area (Å²) in [5.41, 5.74) is 3.62. The molecule has 2 aromatic carbocycles. The number of nitrogens with zero attached hydrogens (tertiary/aromatic N) is 1. The normalized spacial score (nSPS) is 10.5. The number of benzene rings is 2. The molecular formula is C18H17Cl2N3O3S. The van der Waals surface area contributed by atoms with Crippen molar-refractivity contribution in [2.75, 3.05) is 13.7 Å². The molecule has 0 bridgehead atoms. The number of halogens is 2. The van der Waals surface area contributed by atoms with E-state index in [1.807, 2.05) is 6.92 Å². The van der Waals surface area contributed by atoms with E-state index < -0.39 is 5.97 Å². The lowest BCUT2D eigenvalue weighted by Crippen LogP contribution is -2.31. The molecule has 9 heteroatoms. The number of ether oxygens (including phenoxy) is 2. The van der Waals surface area contributed by atoms with Gasteiger partial charge < -0.3 is 14.8 Å². The van der Waals surface area contributed by atoms with Crippen LogP contribution in [0.1, 0.15) is 22.8 Å². The van der Waals surface area contributed by atoms with Gasteiger partial charge in [-0.3, -0.25) is 5.43 Å². The van der Waals surface area contributed by atoms with Gasteiger partial charge in [0.1, 0.15) is 0 Å². The maximum Gasteiger partial charge on any atom is 0.345 e. The molecule has 2 N–H and O–H groups in total. The molecule has 0 saturated heterocycles.